The Balaban J connectivity index is 2.16. The van der Waals surface area contributed by atoms with Crippen LogP contribution in [0.25, 0.3) is 0 Å². The Morgan fingerprint density at radius 1 is 1.56 bits per heavy atom. The van der Waals surface area contributed by atoms with Crippen molar-refractivity contribution in [1.82, 2.24) is 9.55 Å². The maximum Gasteiger partial charge on any atom is 0.335 e. The van der Waals surface area contributed by atoms with Crippen LogP contribution in [0.5, 0.6) is 5.75 Å². The number of carboxylic acids is 1. The van der Waals surface area contributed by atoms with E-state index in [1.807, 2.05) is 17.8 Å². The maximum absolute atomic E-state index is 10.9. The first-order valence-electron chi connectivity index (χ1n) is 5.20. The Hall–Kier alpha value is -1.82. The van der Waals surface area contributed by atoms with Gasteiger partial charge in [0.15, 0.2) is 0 Å². The number of benzene rings is 1. The summed E-state index contributed by atoms with van der Waals surface area (Å²) in [6.45, 7) is 0.283. The van der Waals surface area contributed by atoms with E-state index in [0.717, 1.165) is 5.82 Å². The molecule has 0 aliphatic carbocycles. The Morgan fingerprint density at radius 3 is 2.94 bits per heavy atom. The molecule has 2 rings (SSSR count). The van der Waals surface area contributed by atoms with Crippen LogP contribution < -0.4 is 4.74 Å². The lowest BCUT2D eigenvalue weighted by Gasteiger charge is -2.08. The molecule has 18 heavy (non-hydrogen) atoms. The predicted molar refractivity (Wildman–Crippen MR) is 68.6 cm³/mol. The first-order valence-corrected chi connectivity index (χ1v) is 5.99. The van der Waals surface area contributed by atoms with E-state index in [2.05, 4.69) is 20.9 Å². The third kappa shape index (κ3) is 2.70. The van der Waals surface area contributed by atoms with Gasteiger partial charge in [0.25, 0.3) is 0 Å². The van der Waals surface area contributed by atoms with Crippen LogP contribution in [0.15, 0.2) is 35.1 Å². The summed E-state index contributed by atoms with van der Waals surface area (Å²) in [7, 11) is 1.87. The Morgan fingerprint density at radius 2 is 2.33 bits per heavy atom. The molecule has 1 aromatic heterocycles. The highest BCUT2D eigenvalue weighted by molar-refractivity contribution is 9.10. The molecule has 0 radical (unpaired) electrons. The van der Waals surface area contributed by atoms with Crippen molar-refractivity contribution in [3.8, 4) is 5.75 Å². The number of halogens is 1. The quantitative estimate of drug-likeness (QED) is 0.942. The first-order chi connectivity index (χ1) is 8.58. The van der Waals surface area contributed by atoms with Gasteiger partial charge < -0.3 is 14.4 Å². The SMILES string of the molecule is Cn1ccnc1COc1cc(C(=O)O)ccc1Br. The minimum Gasteiger partial charge on any atom is -0.484 e. The highest BCUT2D eigenvalue weighted by Gasteiger charge is 2.09. The summed E-state index contributed by atoms with van der Waals surface area (Å²) in [5.74, 6) is 0.268. The summed E-state index contributed by atoms with van der Waals surface area (Å²) in [5.41, 5.74) is 0.188. The molecule has 0 saturated heterocycles. The van der Waals surface area contributed by atoms with Crippen molar-refractivity contribution in [1.29, 1.82) is 0 Å². The highest BCUT2D eigenvalue weighted by atomic mass is 79.9. The molecule has 0 spiro atoms. The summed E-state index contributed by atoms with van der Waals surface area (Å²) in [5, 5.41) is 8.91. The number of aryl methyl sites for hydroxylation is 1. The topological polar surface area (TPSA) is 64.4 Å². The normalized spacial score (nSPS) is 10.3. The van der Waals surface area contributed by atoms with Gasteiger partial charge in [0.05, 0.1) is 10.0 Å². The van der Waals surface area contributed by atoms with Crippen molar-refractivity contribution < 1.29 is 14.6 Å². The highest BCUT2D eigenvalue weighted by Crippen LogP contribution is 2.26. The zero-order valence-corrected chi connectivity index (χ0v) is 11.2. The fourth-order valence-corrected chi connectivity index (χ4v) is 1.79. The molecule has 0 unspecified atom stereocenters. The fraction of sp³-hybridized carbons (Fsp3) is 0.167. The van der Waals surface area contributed by atoms with E-state index >= 15 is 0 Å². The van der Waals surface area contributed by atoms with Crippen LogP contribution in [0, 0.1) is 0 Å². The van der Waals surface area contributed by atoms with E-state index in [9.17, 15) is 4.79 Å². The first kappa shape index (κ1) is 12.6. The van der Waals surface area contributed by atoms with Gasteiger partial charge in [-0.3, -0.25) is 0 Å². The van der Waals surface area contributed by atoms with Crippen LogP contribution in [-0.4, -0.2) is 20.6 Å². The smallest absolute Gasteiger partial charge is 0.335 e. The maximum atomic E-state index is 10.9. The van der Waals surface area contributed by atoms with E-state index in [0.29, 0.717) is 10.2 Å². The van der Waals surface area contributed by atoms with Crippen molar-refractivity contribution in [2.24, 2.45) is 7.05 Å². The Bertz CT molecular complexity index is 580. The summed E-state index contributed by atoms with van der Waals surface area (Å²) in [4.78, 5) is 15.0. The molecule has 1 aromatic carbocycles. The third-order valence-corrected chi connectivity index (χ3v) is 3.11. The fourth-order valence-electron chi connectivity index (χ4n) is 1.42. The molecular weight excluding hydrogens is 300 g/mol. The molecule has 1 heterocycles. The molecule has 0 fully saturated rings. The number of hydrogen-bond acceptors (Lipinski definition) is 3. The molecule has 94 valence electrons. The monoisotopic (exact) mass is 310 g/mol. The summed E-state index contributed by atoms with van der Waals surface area (Å²) < 4.78 is 8.11. The molecule has 0 atom stereocenters. The Labute approximate surface area is 112 Å². The van der Waals surface area contributed by atoms with Crippen LogP contribution in [0.2, 0.25) is 0 Å². The van der Waals surface area contributed by atoms with E-state index in [1.165, 1.54) is 12.1 Å². The van der Waals surface area contributed by atoms with Crippen LogP contribution in [0.4, 0.5) is 0 Å². The van der Waals surface area contributed by atoms with Gasteiger partial charge >= 0.3 is 5.97 Å². The number of carboxylic acid groups (broad SMARTS) is 1. The molecule has 5 nitrogen and oxygen atoms in total. The number of rotatable bonds is 4. The number of imidazole rings is 1. The van der Waals surface area contributed by atoms with Gasteiger partial charge in [-0.2, -0.15) is 0 Å². The molecule has 0 aliphatic rings. The molecular formula is C12H11BrN2O3. The van der Waals surface area contributed by atoms with Crippen molar-refractivity contribution in [2.75, 3.05) is 0 Å². The van der Waals surface area contributed by atoms with E-state index in [-0.39, 0.29) is 12.2 Å². The predicted octanol–water partition coefficient (Wildman–Crippen LogP) is 2.46. The zero-order chi connectivity index (χ0) is 13.1. The summed E-state index contributed by atoms with van der Waals surface area (Å²) in [6, 6.07) is 4.65. The second-order valence-corrected chi connectivity index (χ2v) is 4.55. The van der Waals surface area contributed by atoms with Crippen molar-refractivity contribution in [2.45, 2.75) is 6.61 Å². The number of nitrogens with zero attached hydrogens (tertiary/aromatic N) is 2. The Kier molecular flexibility index (Phi) is 3.66. The second-order valence-electron chi connectivity index (χ2n) is 3.69. The number of aromatic nitrogens is 2. The van der Waals surface area contributed by atoms with Gasteiger partial charge in [-0.25, -0.2) is 9.78 Å². The average Bonchev–Trinajstić information content (AvgIpc) is 2.73. The van der Waals surface area contributed by atoms with Crippen LogP contribution in [0.1, 0.15) is 16.2 Å². The molecule has 0 saturated carbocycles. The van der Waals surface area contributed by atoms with Gasteiger partial charge in [0.1, 0.15) is 18.2 Å². The standard InChI is InChI=1S/C12H11BrN2O3/c1-15-5-4-14-11(15)7-18-10-6-8(12(16)17)2-3-9(10)13/h2-6H,7H2,1H3,(H,16,17). The van der Waals surface area contributed by atoms with Gasteiger partial charge in [-0.1, -0.05) is 0 Å². The molecule has 0 bridgehead atoms. The van der Waals surface area contributed by atoms with Gasteiger partial charge in [-0.15, -0.1) is 0 Å². The summed E-state index contributed by atoms with van der Waals surface area (Å²) >= 11 is 3.32. The zero-order valence-electron chi connectivity index (χ0n) is 9.63. The number of aromatic carboxylic acids is 1. The van der Waals surface area contributed by atoms with Gasteiger partial charge in [-0.05, 0) is 34.1 Å². The third-order valence-electron chi connectivity index (χ3n) is 2.46. The van der Waals surface area contributed by atoms with Crippen molar-refractivity contribution >= 4 is 21.9 Å². The summed E-state index contributed by atoms with van der Waals surface area (Å²) in [6.07, 6.45) is 3.50. The van der Waals surface area contributed by atoms with Crippen LogP contribution in [-0.2, 0) is 13.7 Å². The molecule has 2 aromatic rings. The van der Waals surface area contributed by atoms with Crippen LogP contribution >= 0.6 is 15.9 Å². The van der Waals surface area contributed by atoms with E-state index in [4.69, 9.17) is 9.84 Å². The minimum atomic E-state index is -0.982. The van der Waals surface area contributed by atoms with E-state index < -0.39 is 5.97 Å². The number of carbonyl (C=O) groups is 1. The molecule has 0 aliphatic heterocycles. The molecule has 0 amide bonds. The van der Waals surface area contributed by atoms with E-state index in [1.54, 1.807) is 12.3 Å². The van der Waals surface area contributed by atoms with Crippen molar-refractivity contribution in [3.05, 3.63) is 46.5 Å². The lowest BCUT2D eigenvalue weighted by Crippen LogP contribution is -2.04. The number of hydrogen-bond donors (Lipinski definition) is 1. The van der Waals surface area contributed by atoms with Gasteiger partial charge in [0, 0.05) is 19.4 Å². The van der Waals surface area contributed by atoms with Crippen molar-refractivity contribution in [3.63, 3.8) is 0 Å². The van der Waals surface area contributed by atoms with Gasteiger partial charge in [0.2, 0.25) is 0 Å². The lowest BCUT2D eigenvalue weighted by atomic mass is 10.2. The molecule has 6 heteroatoms. The largest absolute Gasteiger partial charge is 0.484 e. The average molecular weight is 311 g/mol. The lowest BCUT2D eigenvalue weighted by molar-refractivity contribution is 0.0696. The number of ether oxygens (including phenoxy) is 1. The second kappa shape index (κ2) is 5.22. The molecule has 1 N–H and O–H groups in total. The van der Waals surface area contributed by atoms with Crippen LogP contribution in [0.3, 0.4) is 0 Å². The minimum absolute atomic E-state index is 0.188.